The number of aliphatic hydroxyl groups is 1. The standard InChI is InChI=1S/C27H34N4O7S2.2ClH/c1-28-39(33,34)24-7-4-6-23(14-24)37-19-22(32)16-29-21-15-27(38-18-21)9-11-31(12-10-27)40(35,36)25-13-20-5-2-3-8-26(20)30-17-25;;/h2-8,13-14,17,21-22,28-29,32H,9-12,15-16,18-19H2,1H3;2*1H/t21-,22+;;/m1../s1. The number of ether oxygens (including phenoxy) is 2. The van der Waals surface area contributed by atoms with Crippen LogP contribution in [0.3, 0.4) is 0 Å². The number of hydrogen-bond acceptors (Lipinski definition) is 9. The number of rotatable bonds is 10. The van der Waals surface area contributed by atoms with Crippen molar-refractivity contribution in [1.82, 2.24) is 19.3 Å². The van der Waals surface area contributed by atoms with Crippen LogP contribution in [0.2, 0.25) is 0 Å². The molecule has 3 aromatic rings. The Morgan fingerprint density at radius 1 is 1.07 bits per heavy atom. The molecule has 15 heteroatoms. The maximum atomic E-state index is 13.3. The second-order valence-corrected chi connectivity index (χ2v) is 14.0. The van der Waals surface area contributed by atoms with Crippen molar-refractivity contribution in [3.8, 4) is 5.75 Å². The molecule has 2 saturated heterocycles. The molecule has 42 heavy (non-hydrogen) atoms. The monoisotopic (exact) mass is 662 g/mol. The normalized spacial score (nSPS) is 19.6. The summed E-state index contributed by atoms with van der Waals surface area (Å²) in [5.41, 5.74) is 0.356. The summed E-state index contributed by atoms with van der Waals surface area (Å²) in [6.07, 6.45) is 2.50. The van der Waals surface area contributed by atoms with E-state index in [0.717, 1.165) is 17.3 Å². The highest BCUT2D eigenvalue weighted by Gasteiger charge is 2.44. The average molecular weight is 664 g/mol. The van der Waals surface area contributed by atoms with Crippen LogP contribution in [0.15, 0.2) is 70.6 Å². The molecule has 0 amide bonds. The largest absolute Gasteiger partial charge is 0.491 e. The van der Waals surface area contributed by atoms with Gasteiger partial charge in [0.1, 0.15) is 23.4 Å². The maximum Gasteiger partial charge on any atom is 0.244 e. The molecular weight excluding hydrogens is 627 g/mol. The average Bonchev–Trinajstić information content (AvgIpc) is 3.37. The van der Waals surface area contributed by atoms with E-state index < -0.39 is 31.8 Å². The topological polar surface area (TPSA) is 147 Å². The van der Waals surface area contributed by atoms with Gasteiger partial charge in [-0.25, -0.2) is 21.6 Å². The molecule has 0 unspecified atom stereocenters. The molecule has 0 aliphatic carbocycles. The highest BCUT2D eigenvalue weighted by atomic mass is 35.5. The van der Waals surface area contributed by atoms with E-state index in [2.05, 4.69) is 15.0 Å². The fourth-order valence-corrected chi connectivity index (χ4v) is 7.39. The van der Waals surface area contributed by atoms with E-state index in [1.807, 2.05) is 24.3 Å². The summed E-state index contributed by atoms with van der Waals surface area (Å²) >= 11 is 0. The lowest BCUT2D eigenvalue weighted by Gasteiger charge is -2.38. The molecule has 11 nitrogen and oxygen atoms in total. The van der Waals surface area contributed by atoms with Crippen LogP contribution in [0, 0.1) is 0 Å². The molecule has 0 radical (unpaired) electrons. The van der Waals surface area contributed by atoms with Crippen LogP contribution in [0.5, 0.6) is 5.75 Å². The van der Waals surface area contributed by atoms with Gasteiger partial charge in [-0.3, -0.25) is 4.98 Å². The van der Waals surface area contributed by atoms with E-state index in [1.54, 1.807) is 18.2 Å². The Morgan fingerprint density at radius 2 is 1.81 bits per heavy atom. The van der Waals surface area contributed by atoms with Gasteiger partial charge in [0.2, 0.25) is 20.0 Å². The van der Waals surface area contributed by atoms with Crippen molar-refractivity contribution in [2.24, 2.45) is 0 Å². The Hall–Kier alpha value is -2.07. The summed E-state index contributed by atoms with van der Waals surface area (Å²) in [5, 5.41) is 14.5. The summed E-state index contributed by atoms with van der Waals surface area (Å²) in [6.45, 7) is 1.46. The van der Waals surface area contributed by atoms with Crippen molar-refractivity contribution in [3.05, 3.63) is 60.8 Å². The lowest BCUT2D eigenvalue weighted by molar-refractivity contribution is -0.0312. The van der Waals surface area contributed by atoms with E-state index in [4.69, 9.17) is 9.47 Å². The number of hydrogen-bond donors (Lipinski definition) is 3. The Labute approximate surface area is 258 Å². The van der Waals surface area contributed by atoms with Gasteiger partial charge >= 0.3 is 0 Å². The Bertz CT molecular complexity index is 1570. The third kappa shape index (κ3) is 7.71. The molecule has 3 N–H and O–H groups in total. The number of pyridine rings is 1. The number of nitrogens with zero attached hydrogens (tertiary/aromatic N) is 2. The van der Waals surface area contributed by atoms with Crippen LogP contribution in [-0.2, 0) is 24.8 Å². The lowest BCUT2D eigenvalue weighted by Crippen LogP contribution is -2.47. The van der Waals surface area contributed by atoms with Gasteiger partial charge in [-0.1, -0.05) is 24.3 Å². The number of piperidine rings is 1. The van der Waals surface area contributed by atoms with Gasteiger partial charge in [0, 0.05) is 43.3 Å². The minimum atomic E-state index is -3.66. The fourth-order valence-electron chi connectivity index (χ4n) is 5.20. The van der Waals surface area contributed by atoms with Gasteiger partial charge in [-0.15, -0.1) is 24.8 Å². The first-order valence-corrected chi connectivity index (χ1v) is 16.1. The van der Waals surface area contributed by atoms with Crippen molar-refractivity contribution in [2.75, 3.05) is 39.9 Å². The first kappa shape index (κ1) is 34.4. The molecule has 232 valence electrons. The molecule has 0 saturated carbocycles. The van der Waals surface area contributed by atoms with Crippen molar-refractivity contribution in [3.63, 3.8) is 0 Å². The highest BCUT2D eigenvalue weighted by molar-refractivity contribution is 7.89. The number of sulfonamides is 2. The number of aromatic nitrogens is 1. The Kier molecular flexibility index (Phi) is 11.6. The van der Waals surface area contributed by atoms with E-state index in [1.165, 1.54) is 29.7 Å². The maximum absolute atomic E-state index is 13.3. The van der Waals surface area contributed by atoms with Gasteiger partial charge in [0.15, 0.2) is 0 Å². The van der Waals surface area contributed by atoms with Gasteiger partial charge in [-0.05, 0) is 50.6 Å². The molecular formula is C27H36Cl2N4O7S2. The molecule has 3 heterocycles. The summed E-state index contributed by atoms with van der Waals surface area (Å²) in [7, 11) is -5.91. The number of aliphatic hydroxyl groups excluding tert-OH is 1. The Balaban J connectivity index is 0.00000242. The van der Waals surface area contributed by atoms with Gasteiger partial charge in [-0.2, -0.15) is 4.31 Å². The van der Waals surface area contributed by atoms with Gasteiger partial charge in [0.25, 0.3) is 0 Å². The Morgan fingerprint density at radius 3 is 2.55 bits per heavy atom. The number of nitrogens with one attached hydrogen (secondary N) is 2. The zero-order valence-electron chi connectivity index (χ0n) is 23.0. The predicted octanol–water partition coefficient (Wildman–Crippen LogP) is 2.33. The number of benzene rings is 2. The van der Waals surface area contributed by atoms with Crippen LogP contribution in [-0.4, -0.2) is 88.9 Å². The zero-order chi connectivity index (χ0) is 28.4. The smallest absolute Gasteiger partial charge is 0.244 e. The summed E-state index contributed by atoms with van der Waals surface area (Å²) in [5.74, 6) is 0.347. The molecule has 1 spiro atoms. The number of para-hydroxylation sites is 1. The van der Waals surface area contributed by atoms with Gasteiger partial charge < -0.3 is 19.9 Å². The van der Waals surface area contributed by atoms with Crippen molar-refractivity contribution < 1.29 is 31.4 Å². The second-order valence-electron chi connectivity index (χ2n) is 10.2. The predicted molar refractivity (Wildman–Crippen MR) is 164 cm³/mol. The van der Waals surface area contributed by atoms with Crippen LogP contribution < -0.4 is 14.8 Å². The first-order chi connectivity index (χ1) is 19.1. The fraction of sp³-hybridized carbons (Fsp3) is 0.444. The van der Waals surface area contributed by atoms with Crippen molar-refractivity contribution in [2.45, 2.75) is 46.8 Å². The molecule has 0 bridgehead atoms. The third-order valence-electron chi connectivity index (χ3n) is 7.51. The van der Waals surface area contributed by atoms with Crippen LogP contribution >= 0.6 is 24.8 Å². The lowest BCUT2D eigenvalue weighted by atomic mass is 9.88. The molecule has 2 aromatic carbocycles. The van der Waals surface area contributed by atoms with Crippen molar-refractivity contribution >= 4 is 55.8 Å². The molecule has 2 aliphatic rings. The van der Waals surface area contributed by atoms with Crippen molar-refractivity contribution in [1.29, 1.82) is 0 Å². The van der Waals surface area contributed by atoms with Gasteiger partial charge in [0.05, 0.1) is 22.6 Å². The number of fused-ring (bicyclic) bond motifs is 1. The molecule has 2 fully saturated rings. The summed E-state index contributed by atoms with van der Waals surface area (Å²) in [6, 6.07) is 15.2. The minimum absolute atomic E-state index is 0. The molecule has 2 aliphatic heterocycles. The van der Waals surface area contributed by atoms with Crippen LogP contribution in [0.1, 0.15) is 19.3 Å². The van der Waals surface area contributed by atoms with Crippen LogP contribution in [0.4, 0.5) is 0 Å². The van der Waals surface area contributed by atoms with E-state index in [9.17, 15) is 21.9 Å². The van der Waals surface area contributed by atoms with E-state index in [-0.39, 0.29) is 53.8 Å². The molecule has 1 aromatic heterocycles. The van der Waals surface area contributed by atoms with Crippen LogP contribution in [0.25, 0.3) is 10.9 Å². The van der Waals surface area contributed by atoms with E-state index >= 15 is 0 Å². The minimum Gasteiger partial charge on any atom is -0.491 e. The zero-order valence-corrected chi connectivity index (χ0v) is 26.3. The molecule has 5 rings (SSSR count). The first-order valence-electron chi connectivity index (χ1n) is 13.2. The van der Waals surface area contributed by atoms with E-state index in [0.29, 0.717) is 38.3 Å². The quantitative estimate of drug-likeness (QED) is 0.298. The second kappa shape index (κ2) is 14.1. The summed E-state index contributed by atoms with van der Waals surface area (Å²) < 4.78 is 66.0. The SMILES string of the molecule is CNS(=O)(=O)c1cccc(OC[C@@H](O)CN[C@H]2COC3(CCN(S(=O)(=O)c4cnc5ccccc5c4)CC3)C2)c1.Cl.Cl. The highest BCUT2D eigenvalue weighted by Crippen LogP contribution is 2.37. The number of halogens is 2. The summed E-state index contributed by atoms with van der Waals surface area (Å²) in [4.78, 5) is 4.59. The molecule has 2 atom stereocenters. The third-order valence-corrected chi connectivity index (χ3v) is 10.8.